The summed E-state index contributed by atoms with van der Waals surface area (Å²) >= 11 is 0. The summed E-state index contributed by atoms with van der Waals surface area (Å²) in [5, 5.41) is 16.1. The van der Waals surface area contributed by atoms with E-state index in [-0.39, 0.29) is 46.6 Å². The number of nitrogens with zero attached hydrogens (tertiary/aromatic N) is 3. The summed E-state index contributed by atoms with van der Waals surface area (Å²) < 4.78 is 80.4. The van der Waals surface area contributed by atoms with Gasteiger partial charge in [-0.25, -0.2) is 13.2 Å². The van der Waals surface area contributed by atoms with E-state index in [0.29, 0.717) is 20.4 Å². The molecule has 2 aromatic rings. The number of aromatic nitrogens is 2. The number of alkyl halides is 3. The molecule has 4 rings (SSSR count). The molecule has 0 spiro atoms. The quantitative estimate of drug-likeness (QED) is 0.435. The first-order valence-electron chi connectivity index (χ1n) is 12.7. The summed E-state index contributed by atoms with van der Waals surface area (Å²) in [5.41, 5.74) is -2.53. The molecule has 220 valence electrons. The van der Waals surface area contributed by atoms with Gasteiger partial charge in [-0.05, 0) is 71.1 Å². The van der Waals surface area contributed by atoms with Crippen LogP contribution in [0.1, 0.15) is 45.7 Å². The lowest BCUT2D eigenvalue weighted by Gasteiger charge is -2.36. The number of hydrogen-bond acceptors (Lipinski definition) is 7. The number of ether oxygens (including phenoxy) is 2. The number of aryl methyl sites for hydroxylation is 2. The van der Waals surface area contributed by atoms with Gasteiger partial charge in [0.2, 0.25) is 5.60 Å². The van der Waals surface area contributed by atoms with Crippen molar-refractivity contribution in [3.63, 3.8) is 0 Å². The third kappa shape index (κ3) is 5.98. The molecule has 1 amide bonds. The summed E-state index contributed by atoms with van der Waals surface area (Å²) in [4.78, 5) is 24.1. The molecule has 1 aromatic heterocycles. The molecule has 1 aromatic carbocycles. The summed E-state index contributed by atoms with van der Waals surface area (Å²) in [6, 6.07) is 3.94. The van der Waals surface area contributed by atoms with Crippen LogP contribution in [0.25, 0.3) is 0 Å². The fourth-order valence-corrected chi connectivity index (χ4v) is 6.15. The Balaban J connectivity index is 1.68. The Bertz CT molecular complexity index is 1400. The number of benzene rings is 1. The van der Waals surface area contributed by atoms with Crippen molar-refractivity contribution in [1.29, 1.82) is 0 Å². The van der Waals surface area contributed by atoms with Crippen molar-refractivity contribution in [2.75, 3.05) is 16.2 Å². The van der Waals surface area contributed by atoms with Crippen LogP contribution in [0.15, 0.2) is 29.3 Å². The molecule has 11 nitrogen and oxygen atoms in total. The van der Waals surface area contributed by atoms with Crippen LogP contribution in [0, 0.1) is 18.8 Å². The summed E-state index contributed by atoms with van der Waals surface area (Å²) in [7, 11) is -4.25. The number of aliphatic carboxylic acids is 1. The third-order valence-corrected chi connectivity index (χ3v) is 8.87. The van der Waals surface area contributed by atoms with Crippen LogP contribution in [0.4, 0.5) is 29.3 Å². The van der Waals surface area contributed by atoms with Gasteiger partial charge in [-0.2, -0.15) is 18.3 Å². The summed E-state index contributed by atoms with van der Waals surface area (Å²) in [6.07, 6.45) is -3.98. The van der Waals surface area contributed by atoms with Gasteiger partial charge in [0.1, 0.15) is 16.7 Å². The number of carboxylic acid groups (broad SMARTS) is 1. The Hall–Kier alpha value is -3.49. The number of nitrogens with one attached hydrogen (secondary N) is 1. The van der Waals surface area contributed by atoms with Crippen molar-refractivity contribution in [3.8, 4) is 5.75 Å². The van der Waals surface area contributed by atoms with Gasteiger partial charge in [-0.3, -0.25) is 19.1 Å². The monoisotopic (exact) mass is 588 g/mol. The molecule has 1 aliphatic heterocycles. The molecular formula is C25H31F3N4O7S. The molecule has 1 saturated carbocycles. The number of carbonyl (C=O) groups excluding carboxylic acids is 1. The fourth-order valence-electron chi connectivity index (χ4n) is 4.48. The maximum Gasteiger partial charge on any atom is 0.427 e. The summed E-state index contributed by atoms with van der Waals surface area (Å²) in [5.74, 6) is -1.58. The number of halogens is 3. The predicted octanol–water partition coefficient (Wildman–Crippen LogP) is 4.56. The van der Waals surface area contributed by atoms with Crippen molar-refractivity contribution in [2.45, 2.75) is 76.3 Å². The minimum Gasteiger partial charge on any atom is -0.486 e. The second-order valence-electron chi connectivity index (χ2n) is 10.4. The number of sulfonamides is 1. The summed E-state index contributed by atoms with van der Waals surface area (Å²) in [6.45, 7) is 4.94. The van der Waals surface area contributed by atoms with E-state index in [1.807, 2.05) is 0 Å². The van der Waals surface area contributed by atoms with Crippen LogP contribution in [0.2, 0.25) is 0 Å². The third-order valence-electron chi connectivity index (χ3n) is 6.99. The highest BCUT2D eigenvalue weighted by Crippen LogP contribution is 2.44. The Morgan fingerprint density at radius 3 is 2.50 bits per heavy atom. The van der Waals surface area contributed by atoms with E-state index >= 15 is 0 Å². The molecule has 0 saturated heterocycles. The van der Waals surface area contributed by atoms with Crippen LogP contribution in [0.5, 0.6) is 5.75 Å². The Morgan fingerprint density at radius 2 is 1.95 bits per heavy atom. The van der Waals surface area contributed by atoms with Gasteiger partial charge in [0, 0.05) is 18.4 Å². The van der Waals surface area contributed by atoms with Crippen molar-refractivity contribution < 1.29 is 45.8 Å². The van der Waals surface area contributed by atoms with Crippen molar-refractivity contribution >= 4 is 33.5 Å². The molecule has 1 aliphatic carbocycles. The van der Waals surface area contributed by atoms with Crippen molar-refractivity contribution in [2.24, 2.45) is 11.8 Å². The average molecular weight is 589 g/mol. The molecular weight excluding hydrogens is 557 g/mol. The largest absolute Gasteiger partial charge is 0.486 e. The van der Waals surface area contributed by atoms with E-state index in [1.165, 1.54) is 29.1 Å². The Morgan fingerprint density at radius 1 is 1.27 bits per heavy atom. The van der Waals surface area contributed by atoms with Crippen LogP contribution >= 0.6 is 0 Å². The number of anilines is 2. The van der Waals surface area contributed by atoms with Crippen LogP contribution < -0.4 is 14.4 Å². The van der Waals surface area contributed by atoms with Crippen molar-refractivity contribution in [1.82, 2.24) is 9.78 Å². The molecule has 2 heterocycles. The van der Waals surface area contributed by atoms with Gasteiger partial charge in [0.05, 0.1) is 23.8 Å². The maximum absolute atomic E-state index is 13.9. The number of amides is 1. The van der Waals surface area contributed by atoms with Crippen molar-refractivity contribution in [3.05, 3.63) is 30.1 Å². The topological polar surface area (TPSA) is 140 Å². The van der Waals surface area contributed by atoms with Crippen LogP contribution in [-0.4, -0.2) is 59.8 Å². The molecule has 40 heavy (non-hydrogen) atoms. The van der Waals surface area contributed by atoms with E-state index < -0.39 is 45.9 Å². The van der Waals surface area contributed by atoms with E-state index in [2.05, 4.69) is 15.2 Å². The minimum atomic E-state index is -4.82. The van der Waals surface area contributed by atoms with E-state index in [0.717, 1.165) is 17.1 Å². The number of fused-ring (bicyclic) bond motifs is 1. The highest BCUT2D eigenvalue weighted by atomic mass is 32.2. The zero-order valence-electron chi connectivity index (χ0n) is 22.4. The number of carboxylic acids is 1. The maximum atomic E-state index is 13.9. The number of hydrogen-bond donors (Lipinski definition) is 2. The van der Waals surface area contributed by atoms with Gasteiger partial charge in [-0.1, -0.05) is 0 Å². The second kappa shape index (κ2) is 10.5. The van der Waals surface area contributed by atoms with E-state index in [1.54, 1.807) is 13.8 Å². The second-order valence-corrected chi connectivity index (χ2v) is 12.3. The zero-order valence-corrected chi connectivity index (χ0v) is 23.2. The average Bonchev–Trinajstić information content (AvgIpc) is 3.61. The van der Waals surface area contributed by atoms with Gasteiger partial charge in [0.25, 0.3) is 10.0 Å². The lowest BCUT2D eigenvalue weighted by atomic mass is 9.95. The molecule has 2 atom stereocenters. The first-order chi connectivity index (χ1) is 18.5. The smallest absolute Gasteiger partial charge is 0.427 e. The zero-order chi connectivity index (χ0) is 29.6. The van der Waals surface area contributed by atoms with Crippen LogP contribution in [-0.2, 0) is 26.1 Å². The van der Waals surface area contributed by atoms with Crippen LogP contribution in [0.3, 0.4) is 0 Å². The lowest BCUT2D eigenvalue weighted by Crippen LogP contribution is -2.45. The Labute approximate surface area is 229 Å². The number of carbonyl (C=O) groups is 2. The normalized spacial score (nSPS) is 18.5. The van der Waals surface area contributed by atoms with Gasteiger partial charge in [-0.15, -0.1) is 0 Å². The van der Waals surface area contributed by atoms with E-state index in [4.69, 9.17) is 4.74 Å². The molecule has 2 aliphatic rings. The first-order valence-corrected chi connectivity index (χ1v) is 14.1. The molecule has 0 bridgehead atoms. The lowest BCUT2D eigenvalue weighted by molar-refractivity contribution is -0.242. The molecule has 1 fully saturated rings. The molecule has 2 N–H and O–H groups in total. The van der Waals surface area contributed by atoms with E-state index in [9.17, 15) is 36.3 Å². The van der Waals surface area contributed by atoms with Gasteiger partial charge >= 0.3 is 18.2 Å². The Kier molecular flexibility index (Phi) is 7.73. The SMILES string of the molecule is CCn1cc(S(=O)(=O)N2C[C@H](C[C@H](C(=O)O)C3CC3)Oc3ccc(NC(=O)OC(C)(C)C(F)(F)F)cc32)c(C)n1. The molecule has 0 radical (unpaired) electrons. The molecule has 15 heteroatoms. The van der Waals surface area contributed by atoms with Gasteiger partial charge in [0.15, 0.2) is 0 Å². The predicted molar refractivity (Wildman–Crippen MR) is 137 cm³/mol. The fraction of sp³-hybridized carbons (Fsp3) is 0.560. The highest BCUT2D eigenvalue weighted by molar-refractivity contribution is 7.92. The first kappa shape index (κ1) is 29.5. The number of rotatable bonds is 9. The highest BCUT2D eigenvalue weighted by Gasteiger charge is 2.51. The molecule has 0 unspecified atom stereocenters. The minimum absolute atomic E-state index is 0.00359. The van der Waals surface area contributed by atoms with Gasteiger partial charge < -0.3 is 14.6 Å². The standard InChI is InChI=1S/C25H31F3N4O7S/c1-5-31-13-21(14(2)30-31)40(36,37)32-12-17(11-18(22(33)34)15-6-7-15)38-20-9-8-16(10-19(20)32)29-23(35)39-24(3,4)25(26,27)28/h8-10,13,15,17-18H,5-7,11-12H2,1-4H3,(H,29,35)(H,33,34)/t17-,18-/m0/s1.